The highest BCUT2D eigenvalue weighted by Gasteiger charge is 2.32. The van der Waals surface area contributed by atoms with Gasteiger partial charge in [0.15, 0.2) is 0 Å². The van der Waals surface area contributed by atoms with Crippen molar-refractivity contribution < 1.29 is 13.9 Å². The van der Waals surface area contributed by atoms with Crippen LogP contribution in [-0.2, 0) is 11.8 Å². The molecule has 2 nitrogen and oxygen atoms in total. The van der Waals surface area contributed by atoms with E-state index >= 15 is 0 Å². The SMILES string of the molecule is NCC(CO)(Cc1ccccc1Cl)c1cc(F)cc(F)c1. The molecule has 0 bridgehead atoms. The molecule has 5 heteroatoms. The highest BCUT2D eigenvalue weighted by molar-refractivity contribution is 6.31. The second kappa shape index (κ2) is 6.52. The Balaban J connectivity index is 2.47. The summed E-state index contributed by atoms with van der Waals surface area (Å²) in [6.07, 6.45) is 0.294. The van der Waals surface area contributed by atoms with Crippen molar-refractivity contribution in [2.45, 2.75) is 11.8 Å². The molecule has 0 saturated heterocycles. The molecule has 0 aliphatic heterocycles. The molecule has 1 atom stereocenters. The number of aliphatic hydroxyl groups is 1. The van der Waals surface area contributed by atoms with Gasteiger partial charge in [-0.05, 0) is 35.7 Å². The third kappa shape index (κ3) is 3.40. The molecule has 0 heterocycles. The van der Waals surface area contributed by atoms with Crippen LogP contribution in [0.25, 0.3) is 0 Å². The lowest BCUT2D eigenvalue weighted by Crippen LogP contribution is -2.41. The van der Waals surface area contributed by atoms with Crippen LogP contribution < -0.4 is 5.73 Å². The maximum absolute atomic E-state index is 13.5. The monoisotopic (exact) mass is 311 g/mol. The molecule has 2 aromatic carbocycles. The minimum absolute atomic E-state index is 0.0393. The van der Waals surface area contributed by atoms with Crippen LogP contribution in [0.3, 0.4) is 0 Å². The number of nitrogens with two attached hydrogens (primary N) is 1. The van der Waals surface area contributed by atoms with E-state index < -0.39 is 17.0 Å². The summed E-state index contributed by atoms with van der Waals surface area (Å²) in [5.74, 6) is -1.40. The molecule has 2 rings (SSSR count). The van der Waals surface area contributed by atoms with Crippen molar-refractivity contribution in [1.82, 2.24) is 0 Å². The Morgan fingerprint density at radius 1 is 1.10 bits per heavy atom. The van der Waals surface area contributed by atoms with Crippen LogP contribution in [0.1, 0.15) is 11.1 Å². The first-order chi connectivity index (χ1) is 10.0. The summed E-state index contributed by atoms with van der Waals surface area (Å²) in [4.78, 5) is 0. The Hall–Kier alpha value is -1.49. The van der Waals surface area contributed by atoms with Gasteiger partial charge in [0.2, 0.25) is 0 Å². The van der Waals surface area contributed by atoms with Crippen LogP contribution in [0.15, 0.2) is 42.5 Å². The van der Waals surface area contributed by atoms with Gasteiger partial charge in [0, 0.05) is 23.0 Å². The summed E-state index contributed by atoms with van der Waals surface area (Å²) in [5, 5.41) is 10.3. The van der Waals surface area contributed by atoms with Crippen LogP contribution in [0.4, 0.5) is 8.78 Å². The van der Waals surface area contributed by atoms with E-state index in [1.165, 1.54) is 12.1 Å². The van der Waals surface area contributed by atoms with Gasteiger partial charge in [-0.3, -0.25) is 0 Å². The molecule has 0 saturated carbocycles. The Morgan fingerprint density at radius 3 is 2.24 bits per heavy atom. The molecule has 0 aromatic heterocycles. The maximum Gasteiger partial charge on any atom is 0.126 e. The van der Waals surface area contributed by atoms with Gasteiger partial charge in [-0.2, -0.15) is 0 Å². The Morgan fingerprint density at radius 2 is 1.71 bits per heavy atom. The van der Waals surface area contributed by atoms with Crippen molar-refractivity contribution in [1.29, 1.82) is 0 Å². The number of rotatable bonds is 5. The predicted molar refractivity (Wildman–Crippen MR) is 79.3 cm³/mol. The molecule has 0 radical (unpaired) electrons. The van der Waals surface area contributed by atoms with E-state index in [-0.39, 0.29) is 13.2 Å². The van der Waals surface area contributed by atoms with E-state index in [1.54, 1.807) is 18.2 Å². The van der Waals surface area contributed by atoms with Crippen LogP contribution in [0, 0.1) is 11.6 Å². The normalized spacial score (nSPS) is 14.0. The van der Waals surface area contributed by atoms with Crippen molar-refractivity contribution in [2.24, 2.45) is 5.73 Å². The first kappa shape index (κ1) is 15.9. The van der Waals surface area contributed by atoms with E-state index in [2.05, 4.69) is 0 Å². The number of aliphatic hydroxyl groups excluding tert-OH is 1. The number of hydrogen-bond acceptors (Lipinski definition) is 2. The Bertz CT molecular complexity index is 609. The Labute approximate surface area is 127 Å². The number of halogens is 3. The van der Waals surface area contributed by atoms with E-state index in [9.17, 15) is 13.9 Å². The fourth-order valence-corrected chi connectivity index (χ4v) is 2.57. The lowest BCUT2D eigenvalue weighted by Gasteiger charge is -2.31. The molecule has 3 N–H and O–H groups in total. The largest absolute Gasteiger partial charge is 0.395 e. The first-order valence-electron chi connectivity index (χ1n) is 6.52. The molecular formula is C16H16ClF2NO. The van der Waals surface area contributed by atoms with Crippen molar-refractivity contribution in [3.8, 4) is 0 Å². The molecule has 1 unspecified atom stereocenters. The molecule has 0 spiro atoms. The molecule has 21 heavy (non-hydrogen) atoms. The maximum atomic E-state index is 13.5. The molecule has 2 aromatic rings. The lowest BCUT2D eigenvalue weighted by molar-refractivity contribution is 0.195. The van der Waals surface area contributed by atoms with Crippen molar-refractivity contribution >= 4 is 11.6 Å². The van der Waals surface area contributed by atoms with Gasteiger partial charge in [-0.1, -0.05) is 29.8 Å². The number of hydrogen-bond donors (Lipinski definition) is 2. The molecule has 112 valence electrons. The zero-order chi connectivity index (χ0) is 15.5. The smallest absolute Gasteiger partial charge is 0.126 e. The summed E-state index contributed by atoms with van der Waals surface area (Å²) in [5.41, 5.74) is 5.91. The molecule has 0 aliphatic rings. The van der Waals surface area contributed by atoms with Gasteiger partial charge in [0.25, 0.3) is 0 Å². The van der Waals surface area contributed by atoms with E-state index in [0.717, 1.165) is 11.6 Å². The third-order valence-corrected chi connectivity index (χ3v) is 4.02. The molecule has 0 aliphatic carbocycles. The summed E-state index contributed by atoms with van der Waals surface area (Å²) in [7, 11) is 0. The quantitative estimate of drug-likeness (QED) is 0.891. The lowest BCUT2D eigenvalue weighted by atomic mass is 9.76. The standard InChI is InChI=1S/C16H16ClF2NO/c17-15-4-2-1-3-11(15)8-16(9-20,10-21)12-5-13(18)7-14(19)6-12/h1-7,21H,8-10,20H2. The molecular weight excluding hydrogens is 296 g/mol. The molecule has 0 fully saturated rings. The highest BCUT2D eigenvalue weighted by Crippen LogP contribution is 2.31. The predicted octanol–water partition coefficient (Wildman–Crippen LogP) is 3.05. The summed E-state index contributed by atoms with van der Waals surface area (Å²) >= 11 is 6.12. The van der Waals surface area contributed by atoms with Crippen LogP contribution in [-0.4, -0.2) is 18.3 Å². The average molecular weight is 312 g/mol. The van der Waals surface area contributed by atoms with Gasteiger partial charge in [0.1, 0.15) is 11.6 Å². The first-order valence-corrected chi connectivity index (χ1v) is 6.89. The van der Waals surface area contributed by atoms with Gasteiger partial charge in [0.05, 0.1) is 6.61 Å². The second-order valence-corrected chi connectivity index (χ2v) is 5.48. The van der Waals surface area contributed by atoms with Gasteiger partial charge < -0.3 is 10.8 Å². The van der Waals surface area contributed by atoms with Crippen molar-refractivity contribution in [2.75, 3.05) is 13.2 Å². The second-order valence-electron chi connectivity index (χ2n) is 5.07. The van der Waals surface area contributed by atoms with Crippen molar-refractivity contribution in [3.63, 3.8) is 0 Å². The minimum Gasteiger partial charge on any atom is -0.395 e. The van der Waals surface area contributed by atoms with E-state index in [1.807, 2.05) is 6.07 Å². The minimum atomic E-state index is -0.978. The summed E-state index contributed by atoms with van der Waals surface area (Å²) in [6.45, 7) is -0.296. The van der Waals surface area contributed by atoms with Crippen LogP contribution in [0.2, 0.25) is 5.02 Å². The van der Waals surface area contributed by atoms with Gasteiger partial charge in [-0.25, -0.2) is 8.78 Å². The van der Waals surface area contributed by atoms with Crippen LogP contribution in [0.5, 0.6) is 0 Å². The zero-order valence-electron chi connectivity index (χ0n) is 11.3. The van der Waals surface area contributed by atoms with Gasteiger partial charge >= 0.3 is 0 Å². The number of benzene rings is 2. The van der Waals surface area contributed by atoms with Crippen LogP contribution >= 0.6 is 11.6 Å². The van der Waals surface area contributed by atoms with Gasteiger partial charge in [-0.15, -0.1) is 0 Å². The third-order valence-electron chi connectivity index (χ3n) is 3.66. The zero-order valence-corrected chi connectivity index (χ0v) is 12.1. The topological polar surface area (TPSA) is 46.2 Å². The van der Waals surface area contributed by atoms with Crippen molar-refractivity contribution in [3.05, 3.63) is 70.2 Å². The fourth-order valence-electron chi connectivity index (χ4n) is 2.37. The molecule has 0 amide bonds. The fraction of sp³-hybridized carbons (Fsp3) is 0.250. The van der Waals surface area contributed by atoms with E-state index in [4.69, 9.17) is 17.3 Å². The summed E-state index contributed by atoms with van der Waals surface area (Å²) < 4.78 is 26.9. The Kier molecular flexibility index (Phi) is 4.93. The van der Waals surface area contributed by atoms with E-state index in [0.29, 0.717) is 17.0 Å². The summed E-state index contributed by atoms with van der Waals surface area (Å²) in [6, 6.07) is 10.3. The highest BCUT2D eigenvalue weighted by atomic mass is 35.5. The average Bonchev–Trinajstić information content (AvgIpc) is 2.46.